The molecule has 3 rings (SSSR count). The Hall–Kier alpha value is -0.900. The molecule has 0 saturated heterocycles. The predicted octanol–water partition coefficient (Wildman–Crippen LogP) is 3.35. The molecule has 0 bridgehead atoms. The summed E-state index contributed by atoms with van der Waals surface area (Å²) in [6.07, 6.45) is 11.8. The Bertz CT molecular complexity index is 460. The average molecular weight is 304 g/mol. The molecule has 0 amide bonds. The van der Waals surface area contributed by atoms with E-state index in [-0.39, 0.29) is 0 Å². The van der Waals surface area contributed by atoms with Crippen LogP contribution in [-0.2, 0) is 19.4 Å². The van der Waals surface area contributed by atoms with Crippen molar-refractivity contribution in [2.45, 2.75) is 84.2 Å². The van der Waals surface area contributed by atoms with Gasteiger partial charge in [-0.1, -0.05) is 39.5 Å². The van der Waals surface area contributed by atoms with Crippen molar-refractivity contribution in [1.29, 1.82) is 0 Å². The summed E-state index contributed by atoms with van der Waals surface area (Å²) in [5.74, 6) is 4.11. The second-order valence-electron chi connectivity index (χ2n) is 7.30. The number of nitrogens with one attached hydrogen (secondary N) is 1. The summed E-state index contributed by atoms with van der Waals surface area (Å²) in [7, 11) is 0. The van der Waals surface area contributed by atoms with Gasteiger partial charge in [-0.2, -0.15) is 5.10 Å². The largest absolute Gasteiger partial charge is 0.312 e. The highest BCUT2D eigenvalue weighted by Crippen LogP contribution is 2.31. The maximum Gasteiger partial charge on any atom is 0.150 e. The van der Waals surface area contributed by atoms with Crippen molar-refractivity contribution in [2.24, 2.45) is 11.8 Å². The summed E-state index contributed by atoms with van der Waals surface area (Å²) in [6, 6.07) is 0.590. The second kappa shape index (κ2) is 7.58. The van der Waals surface area contributed by atoms with Gasteiger partial charge >= 0.3 is 0 Å². The first-order chi connectivity index (χ1) is 10.8. The van der Waals surface area contributed by atoms with Crippen molar-refractivity contribution in [3.05, 3.63) is 11.6 Å². The lowest BCUT2D eigenvalue weighted by atomic mass is 9.80. The van der Waals surface area contributed by atoms with E-state index < -0.39 is 0 Å². The quantitative estimate of drug-likeness (QED) is 0.876. The lowest BCUT2D eigenvalue weighted by Crippen LogP contribution is -2.40. The van der Waals surface area contributed by atoms with Crippen LogP contribution in [0.5, 0.6) is 0 Å². The Kier molecular flexibility index (Phi) is 5.51. The van der Waals surface area contributed by atoms with E-state index in [1.54, 1.807) is 0 Å². The molecule has 2 aliphatic rings. The molecule has 1 saturated carbocycles. The smallest absolute Gasteiger partial charge is 0.150 e. The molecule has 4 heteroatoms. The van der Waals surface area contributed by atoms with Gasteiger partial charge < -0.3 is 5.32 Å². The third-order valence-electron chi connectivity index (χ3n) is 5.58. The molecule has 0 unspecified atom stereocenters. The normalized spacial score (nSPS) is 28.5. The maximum atomic E-state index is 4.61. The number of rotatable bonds is 6. The molecule has 124 valence electrons. The first-order valence-electron chi connectivity index (χ1n) is 9.44. The molecule has 1 fully saturated rings. The highest BCUT2D eigenvalue weighted by Gasteiger charge is 2.24. The fraction of sp³-hybridized carbons (Fsp3) is 0.889. The zero-order valence-corrected chi connectivity index (χ0v) is 14.4. The van der Waals surface area contributed by atoms with E-state index in [9.17, 15) is 0 Å². The summed E-state index contributed by atoms with van der Waals surface area (Å²) < 4.78 is 2.14. The van der Waals surface area contributed by atoms with Crippen molar-refractivity contribution in [1.82, 2.24) is 20.1 Å². The molecule has 2 heterocycles. The summed E-state index contributed by atoms with van der Waals surface area (Å²) in [5, 5.41) is 8.43. The van der Waals surface area contributed by atoms with Crippen LogP contribution in [0.2, 0.25) is 0 Å². The van der Waals surface area contributed by atoms with Crippen LogP contribution in [0.4, 0.5) is 0 Å². The molecule has 1 aromatic heterocycles. The second-order valence-corrected chi connectivity index (χ2v) is 7.30. The van der Waals surface area contributed by atoms with E-state index in [1.165, 1.54) is 57.3 Å². The van der Waals surface area contributed by atoms with Gasteiger partial charge in [0, 0.05) is 18.9 Å². The highest BCUT2D eigenvalue weighted by molar-refractivity contribution is 4.98. The number of hydrogen-bond donors (Lipinski definition) is 1. The van der Waals surface area contributed by atoms with Crippen molar-refractivity contribution in [3.8, 4) is 0 Å². The van der Waals surface area contributed by atoms with Crippen LogP contribution in [0.25, 0.3) is 0 Å². The van der Waals surface area contributed by atoms with Crippen LogP contribution in [-0.4, -0.2) is 27.4 Å². The Morgan fingerprint density at radius 2 is 1.86 bits per heavy atom. The van der Waals surface area contributed by atoms with Crippen LogP contribution in [0.15, 0.2) is 0 Å². The molecule has 1 aliphatic carbocycles. The summed E-state index contributed by atoms with van der Waals surface area (Å²) >= 11 is 0. The molecular formula is C18H32N4. The van der Waals surface area contributed by atoms with Crippen molar-refractivity contribution in [3.63, 3.8) is 0 Å². The molecule has 1 aromatic rings. The number of nitrogens with zero attached hydrogens (tertiary/aromatic N) is 3. The molecule has 0 aromatic carbocycles. The van der Waals surface area contributed by atoms with Gasteiger partial charge in [0.25, 0.3) is 0 Å². The van der Waals surface area contributed by atoms with Crippen molar-refractivity contribution in [2.75, 3.05) is 6.54 Å². The average Bonchev–Trinajstić information content (AvgIpc) is 2.97. The predicted molar refractivity (Wildman–Crippen MR) is 89.9 cm³/mol. The molecule has 22 heavy (non-hydrogen) atoms. The van der Waals surface area contributed by atoms with Gasteiger partial charge in [0.05, 0.1) is 6.54 Å². The minimum Gasteiger partial charge on any atom is -0.312 e. The fourth-order valence-corrected chi connectivity index (χ4v) is 4.14. The molecule has 0 radical (unpaired) electrons. The van der Waals surface area contributed by atoms with Crippen LogP contribution in [0.3, 0.4) is 0 Å². The lowest BCUT2D eigenvalue weighted by molar-refractivity contribution is 0.241. The number of fused-ring (bicyclic) bond motifs is 1. The topological polar surface area (TPSA) is 42.7 Å². The van der Waals surface area contributed by atoms with E-state index in [0.29, 0.717) is 6.04 Å². The molecular weight excluding hydrogens is 272 g/mol. The van der Waals surface area contributed by atoms with Gasteiger partial charge in [-0.05, 0) is 37.6 Å². The first kappa shape index (κ1) is 16.0. The molecule has 1 atom stereocenters. The molecule has 4 nitrogen and oxygen atoms in total. The van der Waals surface area contributed by atoms with Gasteiger partial charge in [0.1, 0.15) is 5.82 Å². The van der Waals surface area contributed by atoms with Gasteiger partial charge in [0.2, 0.25) is 0 Å². The minimum atomic E-state index is 0.590. The molecule has 0 spiro atoms. The standard InChI is InChI=1S/C18H32N4/c1-3-5-14-6-8-15(9-7-14)12-19-16-10-11-18-20-17(4-2)21-22(18)13-16/h14-16,19H,3-13H2,1-2H3/t14?,15?,16-/m1/s1. The summed E-state index contributed by atoms with van der Waals surface area (Å²) in [4.78, 5) is 4.60. The third kappa shape index (κ3) is 3.89. The van der Waals surface area contributed by atoms with Gasteiger partial charge in [-0.25, -0.2) is 9.67 Å². The van der Waals surface area contributed by atoms with Crippen LogP contribution in [0.1, 0.15) is 70.4 Å². The van der Waals surface area contributed by atoms with Gasteiger partial charge in [-0.15, -0.1) is 0 Å². The monoisotopic (exact) mass is 304 g/mol. The zero-order valence-electron chi connectivity index (χ0n) is 14.4. The van der Waals surface area contributed by atoms with Gasteiger partial charge in [-0.3, -0.25) is 0 Å². The van der Waals surface area contributed by atoms with Crippen molar-refractivity contribution < 1.29 is 0 Å². The van der Waals surface area contributed by atoms with Gasteiger partial charge in [0.15, 0.2) is 5.82 Å². The highest BCUT2D eigenvalue weighted by atomic mass is 15.4. The van der Waals surface area contributed by atoms with Crippen molar-refractivity contribution >= 4 is 0 Å². The molecule has 1 aliphatic heterocycles. The Balaban J connectivity index is 1.41. The van der Waals surface area contributed by atoms with E-state index in [1.807, 2.05) is 0 Å². The summed E-state index contributed by atoms with van der Waals surface area (Å²) in [6.45, 7) is 6.66. The van der Waals surface area contributed by atoms with Crippen LogP contribution < -0.4 is 5.32 Å². The maximum absolute atomic E-state index is 4.61. The van der Waals surface area contributed by atoms with E-state index in [4.69, 9.17) is 0 Å². The Morgan fingerprint density at radius 1 is 1.09 bits per heavy atom. The summed E-state index contributed by atoms with van der Waals surface area (Å²) in [5.41, 5.74) is 0. The zero-order chi connectivity index (χ0) is 15.4. The number of hydrogen-bond acceptors (Lipinski definition) is 3. The van der Waals surface area contributed by atoms with E-state index >= 15 is 0 Å². The number of aromatic nitrogens is 3. The fourth-order valence-electron chi connectivity index (χ4n) is 4.14. The third-order valence-corrected chi connectivity index (χ3v) is 5.58. The SMILES string of the molecule is CCCC1CCC(CN[C@@H]2CCc3nc(CC)nn3C2)CC1. The van der Waals surface area contributed by atoms with Crippen LogP contribution in [0, 0.1) is 11.8 Å². The lowest BCUT2D eigenvalue weighted by Gasteiger charge is -2.31. The number of aryl methyl sites for hydroxylation is 2. The van der Waals surface area contributed by atoms with E-state index in [0.717, 1.165) is 37.0 Å². The van der Waals surface area contributed by atoms with E-state index in [2.05, 4.69) is 33.9 Å². The van der Waals surface area contributed by atoms with Crippen LogP contribution >= 0.6 is 0 Å². The first-order valence-corrected chi connectivity index (χ1v) is 9.44. The Labute approximate surface area is 135 Å². The molecule has 1 N–H and O–H groups in total. The minimum absolute atomic E-state index is 0.590. The Morgan fingerprint density at radius 3 is 2.59 bits per heavy atom.